The Morgan fingerprint density at radius 1 is 0.972 bits per heavy atom. The van der Waals surface area contributed by atoms with Crippen LogP contribution in [0.2, 0.25) is 0 Å². The Kier molecular flexibility index (Phi) is 6.26. The molecule has 3 aromatic carbocycles. The molecule has 2 aliphatic rings. The number of halogens is 1. The van der Waals surface area contributed by atoms with Crippen molar-refractivity contribution in [3.8, 4) is 17.2 Å². The van der Waals surface area contributed by atoms with Crippen molar-refractivity contribution in [3.05, 3.63) is 83.7 Å². The minimum atomic E-state index is -3.98. The lowest BCUT2D eigenvalue weighted by atomic mass is 9.77. The topological polar surface area (TPSA) is 85.9 Å². The largest absolute Gasteiger partial charge is 0.493 e. The second-order valence-electron chi connectivity index (χ2n) is 8.77. The number of methoxy groups -OCH3 is 3. The molecular weight excluding hydrogens is 483 g/mol. The van der Waals surface area contributed by atoms with Crippen molar-refractivity contribution in [3.63, 3.8) is 0 Å². The molecule has 1 aliphatic carbocycles. The highest BCUT2D eigenvalue weighted by Crippen LogP contribution is 2.52. The van der Waals surface area contributed by atoms with Crippen LogP contribution >= 0.6 is 0 Å². The van der Waals surface area contributed by atoms with E-state index in [0.717, 1.165) is 23.2 Å². The number of allylic oxidation sites excluding steroid dienone is 2. The fourth-order valence-corrected chi connectivity index (χ4v) is 6.20. The molecule has 0 bridgehead atoms. The molecule has 0 spiro atoms. The summed E-state index contributed by atoms with van der Waals surface area (Å²) < 4.78 is 59.1. The van der Waals surface area contributed by atoms with E-state index >= 15 is 0 Å². The minimum Gasteiger partial charge on any atom is -0.493 e. The van der Waals surface area contributed by atoms with E-state index in [-0.39, 0.29) is 28.5 Å². The maximum atomic E-state index is 14.1. The first kappa shape index (κ1) is 24.0. The molecule has 1 aliphatic heterocycles. The number of rotatable bonds is 7. The molecule has 3 aromatic rings. The first-order valence-electron chi connectivity index (χ1n) is 11.5. The van der Waals surface area contributed by atoms with Crippen molar-refractivity contribution in [2.75, 3.05) is 31.4 Å². The lowest BCUT2D eigenvalue weighted by Crippen LogP contribution is -2.29. The Labute approximate surface area is 209 Å². The van der Waals surface area contributed by atoms with Gasteiger partial charge in [0.05, 0.1) is 38.0 Å². The van der Waals surface area contributed by atoms with Gasteiger partial charge in [-0.1, -0.05) is 24.3 Å². The summed E-state index contributed by atoms with van der Waals surface area (Å²) in [5, 5.41) is 3.60. The van der Waals surface area contributed by atoms with Crippen LogP contribution in [0, 0.1) is 11.7 Å². The molecule has 36 heavy (non-hydrogen) atoms. The summed E-state index contributed by atoms with van der Waals surface area (Å²) in [6.45, 7) is 0. The molecule has 5 rings (SSSR count). The highest BCUT2D eigenvalue weighted by Gasteiger charge is 2.39. The number of hydrogen-bond donors (Lipinski definition) is 2. The second-order valence-corrected chi connectivity index (χ2v) is 10.5. The Balaban J connectivity index is 1.51. The number of ether oxygens (including phenoxy) is 3. The summed E-state index contributed by atoms with van der Waals surface area (Å²) in [6.07, 6.45) is 5.06. The number of anilines is 2. The van der Waals surface area contributed by atoms with Crippen molar-refractivity contribution < 1.29 is 27.0 Å². The van der Waals surface area contributed by atoms with E-state index in [9.17, 15) is 12.8 Å². The van der Waals surface area contributed by atoms with Crippen LogP contribution < -0.4 is 24.2 Å². The molecule has 3 atom stereocenters. The molecule has 0 amide bonds. The number of nitrogens with one attached hydrogen (secondary N) is 2. The fraction of sp³-hybridized carbons (Fsp3) is 0.259. The molecule has 0 saturated heterocycles. The number of sulfonamides is 1. The van der Waals surface area contributed by atoms with Gasteiger partial charge in [-0.3, -0.25) is 4.72 Å². The third kappa shape index (κ3) is 4.13. The Morgan fingerprint density at radius 2 is 1.69 bits per heavy atom. The molecule has 2 unspecified atom stereocenters. The van der Waals surface area contributed by atoms with Gasteiger partial charge < -0.3 is 19.5 Å². The molecule has 1 heterocycles. The fourth-order valence-electron chi connectivity index (χ4n) is 5.10. The predicted molar refractivity (Wildman–Crippen MR) is 136 cm³/mol. The highest BCUT2D eigenvalue weighted by molar-refractivity contribution is 7.92. The molecule has 7 nitrogen and oxygen atoms in total. The summed E-state index contributed by atoms with van der Waals surface area (Å²) in [6, 6.07) is 14.5. The van der Waals surface area contributed by atoms with Gasteiger partial charge in [0.15, 0.2) is 11.5 Å². The molecule has 188 valence electrons. The van der Waals surface area contributed by atoms with Gasteiger partial charge in [-0.2, -0.15) is 0 Å². The first-order chi connectivity index (χ1) is 17.4. The smallest absolute Gasteiger partial charge is 0.261 e. The van der Waals surface area contributed by atoms with Crippen LogP contribution in [-0.4, -0.2) is 29.7 Å². The van der Waals surface area contributed by atoms with Crippen LogP contribution in [0.25, 0.3) is 0 Å². The monoisotopic (exact) mass is 510 g/mol. The summed E-state index contributed by atoms with van der Waals surface area (Å²) in [5.74, 6) is 1.20. The SMILES string of the molecule is COc1cc([C@H]2Nc3ccc(S(=O)(=O)Nc4ccccc4F)cc3C3C=CCC32)cc(OC)c1OC. The van der Waals surface area contributed by atoms with E-state index in [2.05, 4.69) is 22.2 Å². The van der Waals surface area contributed by atoms with Gasteiger partial charge in [0, 0.05) is 11.6 Å². The van der Waals surface area contributed by atoms with Crippen molar-refractivity contribution in [1.82, 2.24) is 0 Å². The van der Waals surface area contributed by atoms with Crippen molar-refractivity contribution in [2.45, 2.75) is 23.3 Å². The maximum Gasteiger partial charge on any atom is 0.261 e. The molecule has 0 aromatic heterocycles. The lowest BCUT2D eigenvalue weighted by molar-refractivity contribution is 0.322. The molecule has 0 radical (unpaired) electrons. The zero-order chi connectivity index (χ0) is 25.4. The Morgan fingerprint density at radius 3 is 2.36 bits per heavy atom. The van der Waals surface area contributed by atoms with Crippen LogP contribution in [-0.2, 0) is 10.0 Å². The van der Waals surface area contributed by atoms with Crippen LogP contribution in [0.15, 0.2) is 71.6 Å². The van der Waals surface area contributed by atoms with Crippen molar-refractivity contribution in [1.29, 1.82) is 0 Å². The number of para-hydroxylation sites is 1. The molecular formula is C27H27FN2O5S. The number of hydrogen-bond acceptors (Lipinski definition) is 6. The van der Waals surface area contributed by atoms with E-state index in [1.165, 1.54) is 24.3 Å². The van der Waals surface area contributed by atoms with Crippen molar-refractivity contribution in [2.24, 2.45) is 5.92 Å². The van der Waals surface area contributed by atoms with Gasteiger partial charge in [-0.25, -0.2) is 12.8 Å². The van der Waals surface area contributed by atoms with Gasteiger partial charge in [0.25, 0.3) is 10.0 Å². The standard InChI is InChI=1S/C27H27FN2O5S/c1-33-24-13-16(14-25(34-2)27(24)35-3)26-19-8-6-7-18(19)20-15-17(11-12-22(20)29-26)36(31,32)30-23-10-5-4-9-21(23)28/h4-7,9-15,18-19,26,29-30H,8H2,1-3H3/t18?,19?,26-/m1/s1. The molecule has 2 N–H and O–H groups in total. The summed E-state index contributed by atoms with van der Waals surface area (Å²) in [4.78, 5) is 0.0802. The van der Waals surface area contributed by atoms with E-state index < -0.39 is 15.8 Å². The first-order valence-corrected chi connectivity index (χ1v) is 13.0. The summed E-state index contributed by atoms with van der Waals surface area (Å²) >= 11 is 0. The molecule has 0 fully saturated rings. The average molecular weight is 511 g/mol. The van der Waals surface area contributed by atoms with E-state index in [1.807, 2.05) is 12.1 Å². The molecule has 0 saturated carbocycles. The van der Waals surface area contributed by atoms with Gasteiger partial charge >= 0.3 is 0 Å². The quantitative estimate of drug-likeness (QED) is 0.410. The maximum absolute atomic E-state index is 14.1. The zero-order valence-electron chi connectivity index (χ0n) is 20.1. The third-order valence-corrected chi connectivity index (χ3v) is 8.17. The third-order valence-electron chi connectivity index (χ3n) is 6.81. The number of fused-ring (bicyclic) bond motifs is 3. The van der Waals surface area contributed by atoms with Gasteiger partial charge in [0.2, 0.25) is 5.75 Å². The highest BCUT2D eigenvalue weighted by atomic mass is 32.2. The predicted octanol–water partition coefficient (Wildman–Crippen LogP) is 5.48. The minimum absolute atomic E-state index is 0.00829. The van der Waals surface area contributed by atoms with Crippen LogP contribution in [0.1, 0.15) is 29.5 Å². The van der Waals surface area contributed by atoms with Gasteiger partial charge in [0.1, 0.15) is 5.82 Å². The van der Waals surface area contributed by atoms with Gasteiger partial charge in [-0.15, -0.1) is 0 Å². The Bertz CT molecular complexity index is 1410. The zero-order valence-corrected chi connectivity index (χ0v) is 20.9. The Hall–Kier alpha value is -3.72. The number of benzene rings is 3. The molecule has 9 heteroatoms. The van der Waals surface area contributed by atoms with Crippen LogP contribution in [0.5, 0.6) is 17.2 Å². The van der Waals surface area contributed by atoms with E-state index in [1.54, 1.807) is 39.5 Å². The van der Waals surface area contributed by atoms with Crippen molar-refractivity contribution >= 4 is 21.4 Å². The lowest BCUT2D eigenvalue weighted by Gasteiger charge is -2.38. The second kappa shape index (κ2) is 9.39. The average Bonchev–Trinajstić information content (AvgIpc) is 3.38. The summed E-state index contributed by atoms with van der Waals surface area (Å²) in [5.41, 5.74) is 2.61. The normalized spacial score (nSPS) is 20.2. The summed E-state index contributed by atoms with van der Waals surface area (Å²) in [7, 11) is 0.760. The van der Waals surface area contributed by atoms with E-state index in [0.29, 0.717) is 17.2 Å². The van der Waals surface area contributed by atoms with Crippen LogP contribution in [0.4, 0.5) is 15.8 Å². The van der Waals surface area contributed by atoms with Crippen LogP contribution in [0.3, 0.4) is 0 Å². The van der Waals surface area contributed by atoms with E-state index in [4.69, 9.17) is 14.2 Å². The van der Waals surface area contributed by atoms with Gasteiger partial charge in [-0.05, 0) is 65.9 Å².